The largest absolute Gasteiger partial charge is 0.468 e. The van der Waals surface area contributed by atoms with Crippen LogP contribution in [0.5, 0.6) is 0 Å². The van der Waals surface area contributed by atoms with E-state index in [1.165, 1.54) is 28.4 Å². The van der Waals surface area contributed by atoms with Gasteiger partial charge in [0.25, 0.3) is 0 Å². The first kappa shape index (κ1) is 37.2. The zero-order valence-corrected chi connectivity index (χ0v) is 28.6. The molecule has 2 aromatic rings. The first-order chi connectivity index (χ1) is 22.8. The molecule has 0 aromatic heterocycles. The van der Waals surface area contributed by atoms with Crippen LogP contribution in [0.4, 0.5) is 0 Å². The van der Waals surface area contributed by atoms with Crippen molar-refractivity contribution in [2.75, 3.05) is 28.4 Å². The average molecular weight is 653 g/mol. The van der Waals surface area contributed by atoms with Crippen LogP contribution >= 0.6 is 0 Å². The van der Waals surface area contributed by atoms with Crippen molar-refractivity contribution in [3.63, 3.8) is 0 Å². The van der Waals surface area contributed by atoms with Gasteiger partial charge < -0.3 is 18.9 Å². The Kier molecular flexibility index (Phi) is 12.8. The maximum Gasteiger partial charge on any atom is 0.323 e. The molecule has 8 heteroatoms. The third kappa shape index (κ3) is 8.56. The summed E-state index contributed by atoms with van der Waals surface area (Å²) in [7, 11) is 5.10. The molecule has 48 heavy (non-hydrogen) atoms. The van der Waals surface area contributed by atoms with Crippen LogP contribution < -0.4 is 0 Å². The summed E-state index contributed by atoms with van der Waals surface area (Å²) in [6.45, 7) is 12.0. The Morgan fingerprint density at radius 2 is 0.833 bits per heavy atom. The zero-order chi connectivity index (χ0) is 35.5. The van der Waals surface area contributed by atoms with Crippen LogP contribution in [0.2, 0.25) is 0 Å². The van der Waals surface area contributed by atoms with E-state index < -0.39 is 34.7 Å². The summed E-state index contributed by atoms with van der Waals surface area (Å²) < 4.78 is 19.3. The summed E-state index contributed by atoms with van der Waals surface area (Å²) in [6, 6.07) is 19.9. The van der Waals surface area contributed by atoms with Crippen molar-refractivity contribution >= 4 is 36.0 Å². The van der Waals surface area contributed by atoms with Crippen LogP contribution in [0.25, 0.3) is 12.2 Å². The summed E-state index contributed by atoms with van der Waals surface area (Å²) in [5.41, 5.74) is 4.82. The van der Waals surface area contributed by atoms with Gasteiger partial charge in [-0.3, -0.25) is 19.2 Å². The Labute approximate surface area is 283 Å². The van der Waals surface area contributed by atoms with Gasteiger partial charge in [0.1, 0.15) is 0 Å². The molecular formula is C40H44O8. The quantitative estimate of drug-likeness (QED) is 0.165. The molecule has 4 rings (SSSR count). The summed E-state index contributed by atoms with van der Waals surface area (Å²) >= 11 is 0. The molecule has 2 saturated carbocycles. The van der Waals surface area contributed by atoms with Crippen molar-refractivity contribution in [2.24, 2.45) is 10.8 Å². The van der Waals surface area contributed by atoms with Gasteiger partial charge in [-0.05, 0) is 61.8 Å². The van der Waals surface area contributed by atoms with Gasteiger partial charge in [0.05, 0.1) is 28.4 Å². The fourth-order valence-electron chi connectivity index (χ4n) is 6.07. The van der Waals surface area contributed by atoms with Gasteiger partial charge in [0.15, 0.2) is 10.8 Å². The molecule has 0 unspecified atom stereocenters. The number of hydrogen-bond acceptors (Lipinski definition) is 8. The maximum atomic E-state index is 12.2. The van der Waals surface area contributed by atoms with Crippen LogP contribution in [0, 0.1) is 10.8 Å². The number of hydrogen-bond donors (Lipinski definition) is 0. The molecule has 0 radical (unpaired) electrons. The van der Waals surface area contributed by atoms with Crippen LogP contribution in [0.3, 0.4) is 0 Å². The third-order valence-electron chi connectivity index (χ3n) is 8.42. The fourth-order valence-corrected chi connectivity index (χ4v) is 6.07. The van der Waals surface area contributed by atoms with Crippen LogP contribution in [0.1, 0.15) is 50.7 Å². The lowest BCUT2D eigenvalue weighted by atomic mass is 9.85. The number of allylic oxidation sites excluding steroid dienone is 8. The van der Waals surface area contributed by atoms with Crippen molar-refractivity contribution in [3.05, 3.63) is 131 Å². The van der Waals surface area contributed by atoms with E-state index >= 15 is 0 Å². The van der Waals surface area contributed by atoms with Crippen molar-refractivity contribution in [2.45, 2.75) is 39.5 Å². The van der Waals surface area contributed by atoms with E-state index in [0.717, 1.165) is 44.6 Å². The molecule has 252 valence electrons. The number of benzene rings is 2. The molecule has 2 aliphatic carbocycles. The molecule has 2 aromatic carbocycles. The average Bonchev–Trinajstić information content (AvgIpc) is 3.60. The highest BCUT2D eigenvalue weighted by Crippen LogP contribution is 2.47. The van der Waals surface area contributed by atoms with E-state index in [1.807, 2.05) is 98.8 Å². The lowest BCUT2D eigenvalue weighted by Crippen LogP contribution is -2.38. The maximum absolute atomic E-state index is 12.2. The number of carbonyl (C=O) groups is 4. The van der Waals surface area contributed by atoms with Gasteiger partial charge in [-0.15, -0.1) is 0 Å². The van der Waals surface area contributed by atoms with E-state index in [0.29, 0.717) is 0 Å². The highest BCUT2D eigenvalue weighted by Gasteiger charge is 2.54. The van der Waals surface area contributed by atoms with E-state index in [4.69, 9.17) is 18.9 Å². The molecule has 0 N–H and O–H groups in total. The van der Waals surface area contributed by atoms with Crippen molar-refractivity contribution in [1.29, 1.82) is 0 Å². The Bertz CT molecular complexity index is 1510. The fraction of sp³-hybridized carbons (Fsp3) is 0.300. The van der Waals surface area contributed by atoms with Crippen molar-refractivity contribution in [1.82, 2.24) is 0 Å². The van der Waals surface area contributed by atoms with Crippen LogP contribution in [-0.4, -0.2) is 52.3 Å². The van der Waals surface area contributed by atoms with Gasteiger partial charge in [0, 0.05) is 0 Å². The van der Waals surface area contributed by atoms with E-state index in [-0.39, 0.29) is 25.7 Å². The molecule has 0 heterocycles. The van der Waals surface area contributed by atoms with Gasteiger partial charge in [-0.1, -0.05) is 120 Å². The smallest absolute Gasteiger partial charge is 0.323 e. The Hall–Kier alpha value is -5.24. The second-order valence-corrected chi connectivity index (χ2v) is 12.0. The minimum absolute atomic E-state index is 0.219. The first-order valence-corrected chi connectivity index (χ1v) is 15.4. The standard InChI is InChI=1S/2C20H22O4/c2*1-14(10-16-8-6-5-7-9-16)11-17-13-20(12-15(17)2,18(21)23-3)19(22)24-4/h2*5-11H,2,12-13H2,1,3-4H3/b2*14-10-,17-11-. The van der Waals surface area contributed by atoms with Gasteiger partial charge in [-0.2, -0.15) is 0 Å². The predicted octanol–water partition coefficient (Wildman–Crippen LogP) is 7.40. The molecular weight excluding hydrogens is 608 g/mol. The van der Waals surface area contributed by atoms with Crippen LogP contribution in [0.15, 0.2) is 119 Å². The topological polar surface area (TPSA) is 105 Å². The molecule has 0 spiro atoms. The van der Waals surface area contributed by atoms with Gasteiger partial charge in [0.2, 0.25) is 0 Å². The Balaban J connectivity index is 0.000000260. The number of ether oxygens (including phenoxy) is 4. The number of methoxy groups -OCH3 is 4. The lowest BCUT2D eigenvalue weighted by molar-refractivity contribution is -0.169. The summed E-state index contributed by atoms with van der Waals surface area (Å²) in [5, 5.41) is 0. The van der Waals surface area contributed by atoms with E-state index in [9.17, 15) is 19.2 Å². The van der Waals surface area contributed by atoms with Gasteiger partial charge >= 0.3 is 23.9 Å². The number of carbonyl (C=O) groups excluding carboxylic acids is 4. The minimum atomic E-state index is -1.32. The van der Waals surface area contributed by atoms with E-state index in [2.05, 4.69) is 13.2 Å². The zero-order valence-electron chi connectivity index (χ0n) is 28.6. The Morgan fingerprint density at radius 1 is 0.542 bits per heavy atom. The lowest BCUT2D eigenvalue weighted by Gasteiger charge is -2.21. The predicted molar refractivity (Wildman–Crippen MR) is 186 cm³/mol. The van der Waals surface area contributed by atoms with Crippen LogP contribution in [-0.2, 0) is 38.1 Å². The SMILES string of the molecule is C=C1CC(C(=O)OC)(C(=O)OC)C/C1=C/C(C)=C\c1ccccc1.C=C1CC(C(=O)OC)(C(=O)OC)C/C1=C/C(C)=C\c1ccccc1. The molecule has 0 saturated heterocycles. The summed E-state index contributed by atoms with van der Waals surface area (Å²) in [5.74, 6) is -2.32. The molecule has 2 fully saturated rings. The molecule has 0 atom stereocenters. The third-order valence-corrected chi connectivity index (χ3v) is 8.42. The van der Waals surface area contributed by atoms with Gasteiger partial charge in [-0.25, -0.2) is 0 Å². The van der Waals surface area contributed by atoms with E-state index in [1.54, 1.807) is 0 Å². The highest BCUT2D eigenvalue weighted by atomic mass is 16.6. The second-order valence-electron chi connectivity index (χ2n) is 12.0. The minimum Gasteiger partial charge on any atom is -0.468 e. The van der Waals surface area contributed by atoms with Crippen molar-refractivity contribution < 1.29 is 38.1 Å². The Morgan fingerprint density at radius 3 is 1.10 bits per heavy atom. The number of esters is 4. The molecule has 0 bridgehead atoms. The summed E-state index contributed by atoms with van der Waals surface area (Å²) in [6.07, 6.45) is 8.92. The molecule has 0 aliphatic heterocycles. The second kappa shape index (κ2) is 16.5. The highest BCUT2D eigenvalue weighted by molar-refractivity contribution is 6.02. The first-order valence-electron chi connectivity index (χ1n) is 15.4. The monoisotopic (exact) mass is 652 g/mol. The molecule has 0 amide bonds. The molecule has 8 nitrogen and oxygen atoms in total. The number of rotatable bonds is 8. The normalized spacial score (nSPS) is 18.5. The summed E-state index contributed by atoms with van der Waals surface area (Å²) in [4.78, 5) is 48.8. The van der Waals surface area contributed by atoms with Crippen molar-refractivity contribution in [3.8, 4) is 0 Å². The molecule has 2 aliphatic rings.